The largest absolute Gasteiger partial charge is 0.370 e. The Morgan fingerprint density at radius 2 is 1.72 bits per heavy atom. The summed E-state index contributed by atoms with van der Waals surface area (Å²) in [5, 5.41) is 1.53. The summed E-state index contributed by atoms with van der Waals surface area (Å²) in [6.07, 6.45) is 0. The zero-order chi connectivity index (χ0) is 18.0. The molecule has 0 bridgehead atoms. The number of halogens is 1. The molecule has 0 fully saturated rings. The second-order valence-electron chi connectivity index (χ2n) is 5.36. The van der Waals surface area contributed by atoms with E-state index < -0.39 is 5.91 Å². The topological polar surface area (TPSA) is 85.8 Å². The molecule has 0 unspecified atom stereocenters. The number of carbonyl (C=O) groups excluding carboxylic acids is 1. The highest BCUT2D eigenvalue weighted by Crippen LogP contribution is 2.37. The van der Waals surface area contributed by atoms with Crippen LogP contribution in [-0.4, -0.2) is 11.9 Å². The van der Waals surface area contributed by atoms with E-state index >= 15 is 0 Å². The van der Waals surface area contributed by atoms with E-state index in [1.54, 1.807) is 42.5 Å². The standard InChI is InChI=1S/C19H13FN4O/c1-23-16-9-6-11-2-3-13(18(25)24-19(21)22)10-15(11)17(16)12-4-7-14(20)8-5-12/h2-10H,(H4,21,22,24,25). The van der Waals surface area contributed by atoms with Gasteiger partial charge in [-0.15, -0.1) is 0 Å². The van der Waals surface area contributed by atoms with Gasteiger partial charge in [-0.2, -0.15) is 4.99 Å². The molecule has 0 spiro atoms. The Kier molecular flexibility index (Phi) is 4.14. The highest BCUT2D eigenvalue weighted by Gasteiger charge is 2.13. The van der Waals surface area contributed by atoms with E-state index in [0.717, 1.165) is 5.39 Å². The molecule has 0 aliphatic heterocycles. The van der Waals surface area contributed by atoms with Crippen molar-refractivity contribution >= 4 is 28.3 Å². The molecule has 3 aromatic carbocycles. The molecule has 3 rings (SSSR count). The van der Waals surface area contributed by atoms with Gasteiger partial charge in [0.1, 0.15) is 5.82 Å². The number of nitrogens with zero attached hydrogens (tertiary/aromatic N) is 2. The van der Waals surface area contributed by atoms with Crippen molar-refractivity contribution in [2.45, 2.75) is 0 Å². The second kappa shape index (κ2) is 6.42. The third-order valence-electron chi connectivity index (χ3n) is 3.73. The van der Waals surface area contributed by atoms with Crippen molar-refractivity contribution in [2.24, 2.45) is 16.5 Å². The van der Waals surface area contributed by atoms with Gasteiger partial charge < -0.3 is 11.5 Å². The van der Waals surface area contributed by atoms with Crippen LogP contribution < -0.4 is 11.5 Å². The van der Waals surface area contributed by atoms with E-state index in [9.17, 15) is 9.18 Å². The van der Waals surface area contributed by atoms with E-state index in [2.05, 4.69) is 9.84 Å². The van der Waals surface area contributed by atoms with Crippen molar-refractivity contribution in [1.29, 1.82) is 0 Å². The minimum atomic E-state index is -0.569. The fourth-order valence-corrected chi connectivity index (χ4v) is 2.64. The average Bonchev–Trinajstić information content (AvgIpc) is 2.60. The molecule has 0 heterocycles. The van der Waals surface area contributed by atoms with Gasteiger partial charge in [0.2, 0.25) is 0 Å². The normalized spacial score (nSPS) is 10.2. The third kappa shape index (κ3) is 3.16. The van der Waals surface area contributed by atoms with Crippen molar-refractivity contribution < 1.29 is 9.18 Å². The molecular weight excluding hydrogens is 319 g/mol. The summed E-state index contributed by atoms with van der Waals surface area (Å²) >= 11 is 0. The average molecular weight is 332 g/mol. The highest BCUT2D eigenvalue weighted by molar-refractivity contribution is 6.08. The van der Waals surface area contributed by atoms with Crippen LogP contribution in [0.1, 0.15) is 10.4 Å². The number of amides is 1. The molecule has 0 saturated heterocycles. The Hall–Kier alpha value is -3.72. The molecule has 0 aromatic heterocycles. The predicted molar refractivity (Wildman–Crippen MR) is 95.7 cm³/mol. The number of benzene rings is 3. The minimum absolute atomic E-state index is 0.298. The van der Waals surface area contributed by atoms with E-state index in [4.69, 9.17) is 18.0 Å². The van der Waals surface area contributed by atoms with Crippen LogP contribution in [0.5, 0.6) is 0 Å². The lowest BCUT2D eigenvalue weighted by Gasteiger charge is -2.11. The predicted octanol–water partition coefficient (Wildman–Crippen LogP) is 3.61. The molecule has 0 aliphatic rings. The number of carbonyl (C=O) groups is 1. The van der Waals surface area contributed by atoms with Crippen LogP contribution in [0.15, 0.2) is 59.6 Å². The summed E-state index contributed by atoms with van der Waals surface area (Å²) in [7, 11) is 0. The van der Waals surface area contributed by atoms with Gasteiger partial charge in [0.05, 0.1) is 6.57 Å². The molecule has 0 saturated carbocycles. The zero-order valence-electron chi connectivity index (χ0n) is 13.0. The molecule has 0 aliphatic carbocycles. The fraction of sp³-hybridized carbons (Fsp3) is 0. The van der Waals surface area contributed by atoms with Gasteiger partial charge in [-0.3, -0.25) is 4.79 Å². The third-order valence-corrected chi connectivity index (χ3v) is 3.73. The number of hydrogen-bond acceptors (Lipinski definition) is 1. The number of hydrogen-bond donors (Lipinski definition) is 2. The first-order chi connectivity index (χ1) is 12.0. The fourth-order valence-electron chi connectivity index (χ4n) is 2.64. The second-order valence-corrected chi connectivity index (χ2v) is 5.36. The summed E-state index contributed by atoms with van der Waals surface area (Å²) in [6.45, 7) is 7.41. The smallest absolute Gasteiger partial charge is 0.280 e. The Morgan fingerprint density at radius 1 is 1.04 bits per heavy atom. The molecule has 5 nitrogen and oxygen atoms in total. The van der Waals surface area contributed by atoms with Crippen molar-refractivity contribution in [1.82, 2.24) is 0 Å². The highest BCUT2D eigenvalue weighted by atomic mass is 19.1. The van der Waals surface area contributed by atoms with Crippen LogP contribution in [-0.2, 0) is 0 Å². The lowest BCUT2D eigenvalue weighted by atomic mass is 9.95. The quantitative estimate of drug-likeness (QED) is 0.427. The van der Waals surface area contributed by atoms with Crippen molar-refractivity contribution in [3.05, 3.63) is 77.4 Å². The Balaban J connectivity index is 2.29. The first-order valence-electron chi connectivity index (χ1n) is 7.33. The Labute approximate surface area is 143 Å². The molecule has 0 radical (unpaired) electrons. The number of aliphatic imine (C=N–C) groups is 1. The summed E-state index contributed by atoms with van der Waals surface area (Å²) in [4.78, 5) is 19.2. The van der Waals surface area contributed by atoms with Gasteiger partial charge >= 0.3 is 0 Å². The summed E-state index contributed by atoms with van der Waals surface area (Å²) in [5.41, 5.74) is 12.5. The van der Waals surface area contributed by atoms with E-state index in [0.29, 0.717) is 27.8 Å². The molecule has 1 amide bonds. The number of rotatable bonds is 2. The number of fused-ring (bicyclic) bond motifs is 1. The minimum Gasteiger partial charge on any atom is -0.370 e. The zero-order valence-corrected chi connectivity index (χ0v) is 13.0. The van der Waals surface area contributed by atoms with E-state index in [1.165, 1.54) is 12.1 Å². The molecular formula is C19H13FN4O. The van der Waals surface area contributed by atoms with Crippen LogP contribution in [0.2, 0.25) is 0 Å². The van der Waals surface area contributed by atoms with Crippen molar-refractivity contribution in [3.63, 3.8) is 0 Å². The van der Waals surface area contributed by atoms with Crippen LogP contribution in [0.25, 0.3) is 26.7 Å². The number of nitrogens with two attached hydrogens (primary N) is 2. The van der Waals surface area contributed by atoms with Crippen LogP contribution in [0.4, 0.5) is 10.1 Å². The first kappa shape index (κ1) is 16.1. The molecule has 25 heavy (non-hydrogen) atoms. The van der Waals surface area contributed by atoms with Gasteiger partial charge in [-0.05, 0) is 46.2 Å². The number of guanidine groups is 1. The van der Waals surface area contributed by atoms with Gasteiger partial charge in [0, 0.05) is 5.56 Å². The Bertz CT molecular complexity index is 1050. The lowest BCUT2D eigenvalue weighted by Crippen LogP contribution is -2.24. The maximum atomic E-state index is 13.2. The van der Waals surface area contributed by atoms with Crippen LogP contribution in [0.3, 0.4) is 0 Å². The van der Waals surface area contributed by atoms with Crippen molar-refractivity contribution in [3.8, 4) is 11.1 Å². The molecule has 6 heteroatoms. The summed E-state index contributed by atoms with van der Waals surface area (Å²) < 4.78 is 13.2. The van der Waals surface area contributed by atoms with Crippen LogP contribution >= 0.6 is 0 Å². The SMILES string of the molecule is [C-]#[N+]c1ccc2ccc(C(=O)N=C(N)N)cc2c1-c1ccc(F)cc1. The van der Waals surface area contributed by atoms with Crippen LogP contribution in [0, 0.1) is 12.4 Å². The molecule has 4 N–H and O–H groups in total. The van der Waals surface area contributed by atoms with Gasteiger partial charge in [0.25, 0.3) is 5.91 Å². The van der Waals surface area contributed by atoms with Crippen molar-refractivity contribution in [2.75, 3.05) is 0 Å². The van der Waals surface area contributed by atoms with E-state index in [1.807, 2.05) is 0 Å². The maximum absolute atomic E-state index is 13.2. The lowest BCUT2D eigenvalue weighted by molar-refractivity contribution is 0.100. The molecule has 3 aromatic rings. The Morgan fingerprint density at radius 3 is 2.36 bits per heavy atom. The van der Waals surface area contributed by atoms with Gasteiger partial charge in [-0.25, -0.2) is 9.24 Å². The summed E-state index contributed by atoms with van der Waals surface area (Å²) in [6, 6.07) is 14.4. The molecule has 0 atom stereocenters. The maximum Gasteiger partial charge on any atom is 0.280 e. The van der Waals surface area contributed by atoms with E-state index in [-0.39, 0.29) is 11.8 Å². The molecule has 122 valence electrons. The van der Waals surface area contributed by atoms with Gasteiger partial charge in [-0.1, -0.05) is 30.3 Å². The first-order valence-corrected chi connectivity index (χ1v) is 7.33. The van der Waals surface area contributed by atoms with Gasteiger partial charge in [0.15, 0.2) is 11.6 Å². The summed E-state index contributed by atoms with van der Waals surface area (Å²) in [5.74, 6) is -1.25. The monoisotopic (exact) mass is 332 g/mol.